The molecular formula is C21H26N8O. The highest BCUT2D eigenvalue weighted by Gasteiger charge is 2.34. The predicted octanol–water partition coefficient (Wildman–Crippen LogP) is 0.719. The fraction of sp³-hybridized carbons (Fsp3) is 0.429. The van der Waals surface area contributed by atoms with Crippen molar-refractivity contribution in [2.24, 2.45) is 0 Å². The van der Waals surface area contributed by atoms with E-state index in [0.29, 0.717) is 13.1 Å². The Labute approximate surface area is 175 Å². The van der Waals surface area contributed by atoms with Gasteiger partial charge in [0, 0.05) is 51.2 Å². The maximum atomic E-state index is 13.0. The molecule has 0 spiro atoms. The third-order valence-corrected chi connectivity index (χ3v) is 5.99. The molecule has 3 aromatic rings. The molecular weight excluding hydrogens is 380 g/mol. The van der Waals surface area contributed by atoms with Crippen molar-refractivity contribution in [2.75, 3.05) is 31.1 Å². The number of hydrazine groups is 1. The van der Waals surface area contributed by atoms with Crippen LogP contribution in [0.3, 0.4) is 0 Å². The van der Waals surface area contributed by atoms with E-state index in [9.17, 15) is 4.79 Å². The Morgan fingerprint density at radius 2 is 1.97 bits per heavy atom. The molecule has 2 unspecified atom stereocenters. The van der Waals surface area contributed by atoms with Gasteiger partial charge in [-0.05, 0) is 25.5 Å². The van der Waals surface area contributed by atoms with E-state index in [-0.39, 0.29) is 18.0 Å². The van der Waals surface area contributed by atoms with Crippen molar-refractivity contribution in [1.29, 1.82) is 0 Å². The van der Waals surface area contributed by atoms with Gasteiger partial charge in [-0.3, -0.25) is 15.2 Å². The van der Waals surface area contributed by atoms with Crippen LogP contribution in [0, 0.1) is 6.92 Å². The largest absolute Gasteiger partial charge is 0.352 e. The van der Waals surface area contributed by atoms with Crippen LogP contribution in [-0.4, -0.2) is 68.6 Å². The number of amides is 1. The number of anilines is 1. The lowest BCUT2D eigenvalue weighted by atomic mass is 10.1. The first-order chi connectivity index (χ1) is 14.7. The van der Waals surface area contributed by atoms with E-state index >= 15 is 0 Å². The topological polar surface area (TPSA) is 91.2 Å². The molecule has 2 fully saturated rings. The standard InChI is InChI=1S/C21H26N8O/c1-15-24-17-4-2-3-5-19(17)29(15)14-16-12-18(26-25-16)21(30)28-10-8-27(9-11-28)20-13-22-6-7-23-20/h2-7,13,16,18,25-26H,8-12,14H2,1H3. The number of rotatable bonds is 4. The number of para-hydroxylation sites is 2. The minimum atomic E-state index is -0.201. The van der Waals surface area contributed by atoms with Gasteiger partial charge in [0.05, 0.1) is 17.2 Å². The zero-order chi connectivity index (χ0) is 20.5. The average molecular weight is 406 g/mol. The van der Waals surface area contributed by atoms with Gasteiger partial charge in [0.15, 0.2) is 0 Å². The Morgan fingerprint density at radius 3 is 2.77 bits per heavy atom. The molecule has 2 N–H and O–H groups in total. The molecule has 30 heavy (non-hydrogen) atoms. The summed E-state index contributed by atoms with van der Waals surface area (Å²) in [6.07, 6.45) is 5.90. The number of nitrogens with zero attached hydrogens (tertiary/aromatic N) is 6. The second kappa shape index (κ2) is 8.00. The second-order valence-corrected chi connectivity index (χ2v) is 7.91. The third kappa shape index (κ3) is 3.61. The number of carbonyl (C=O) groups excluding carboxylic acids is 1. The van der Waals surface area contributed by atoms with Crippen LogP contribution in [0.15, 0.2) is 42.9 Å². The first-order valence-electron chi connectivity index (χ1n) is 10.4. The highest BCUT2D eigenvalue weighted by molar-refractivity contribution is 5.82. The Hall–Kier alpha value is -3.04. The summed E-state index contributed by atoms with van der Waals surface area (Å²) < 4.78 is 2.22. The van der Waals surface area contributed by atoms with Gasteiger partial charge in [-0.1, -0.05) is 12.1 Å². The molecule has 9 heteroatoms. The predicted molar refractivity (Wildman–Crippen MR) is 114 cm³/mol. The fourth-order valence-electron chi connectivity index (χ4n) is 4.38. The minimum absolute atomic E-state index is 0.163. The zero-order valence-corrected chi connectivity index (χ0v) is 17.0. The third-order valence-electron chi connectivity index (χ3n) is 5.99. The molecule has 1 amide bonds. The van der Waals surface area contributed by atoms with Crippen LogP contribution in [0.4, 0.5) is 5.82 Å². The monoisotopic (exact) mass is 406 g/mol. The van der Waals surface area contributed by atoms with Gasteiger partial charge in [0.2, 0.25) is 5.91 Å². The first kappa shape index (κ1) is 19.0. The Kier molecular flexibility index (Phi) is 5.06. The molecule has 2 aliphatic heterocycles. The van der Waals surface area contributed by atoms with Gasteiger partial charge < -0.3 is 14.4 Å². The summed E-state index contributed by atoms with van der Waals surface area (Å²) in [5.41, 5.74) is 8.67. The van der Waals surface area contributed by atoms with Crippen LogP contribution in [0.25, 0.3) is 11.0 Å². The van der Waals surface area contributed by atoms with Crippen molar-refractivity contribution in [3.05, 3.63) is 48.7 Å². The number of fused-ring (bicyclic) bond motifs is 1. The summed E-state index contributed by atoms with van der Waals surface area (Å²) in [6.45, 7) is 5.75. The molecule has 2 aromatic heterocycles. The van der Waals surface area contributed by atoms with E-state index in [4.69, 9.17) is 0 Å². The number of benzene rings is 1. The van der Waals surface area contributed by atoms with E-state index in [1.54, 1.807) is 18.6 Å². The number of imidazole rings is 1. The Balaban J connectivity index is 1.18. The summed E-state index contributed by atoms with van der Waals surface area (Å²) in [7, 11) is 0. The van der Waals surface area contributed by atoms with Crippen molar-refractivity contribution in [3.8, 4) is 0 Å². The van der Waals surface area contributed by atoms with Gasteiger partial charge in [-0.2, -0.15) is 0 Å². The van der Waals surface area contributed by atoms with Gasteiger partial charge >= 0.3 is 0 Å². The lowest BCUT2D eigenvalue weighted by Crippen LogP contribution is -2.53. The SMILES string of the molecule is Cc1nc2ccccc2n1CC1CC(C(=O)N2CCN(c3cnccn3)CC2)NN1. The van der Waals surface area contributed by atoms with Gasteiger partial charge in [-0.25, -0.2) is 15.4 Å². The number of aryl methyl sites for hydroxylation is 1. The molecule has 4 heterocycles. The molecule has 1 aromatic carbocycles. The Bertz CT molecular complexity index is 1030. The molecule has 0 saturated carbocycles. The quantitative estimate of drug-likeness (QED) is 0.660. The number of nitrogens with one attached hydrogen (secondary N) is 2. The Morgan fingerprint density at radius 1 is 1.13 bits per heavy atom. The lowest BCUT2D eigenvalue weighted by molar-refractivity contribution is -0.133. The minimum Gasteiger partial charge on any atom is -0.352 e. The number of hydrogen-bond donors (Lipinski definition) is 2. The number of aromatic nitrogens is 4. The van der Waals surface area contributed by atoms with E-state index in [1.807, 2.05) is 30.0 Å². The fourth-order valence-corrected chi connectivity index (χ4v) is 4.38. The van der Waals surface area contributed by atoms with E-state index in [0.717, 1.165) is 48.7 Å². The molecule has 2 saturated heterocycles. The van der Waals surface area contributed by atoms with Crippen molar-refractivity contribution in [1.82, 2.24) is 35.3 Å². The zero-order valence-electron chi connectivity index (χ0n) is 17.0. The van der Waals surface area contributed by atoms with Crippen molar-refractivity contribution < 1.29 is 4.79 Å². The summed E-state index contributed by atoms with van der Waals surface area (Å²) in [6, 6.07) is 8.15. The first-order valence-corrected chi connectivity index (χ1v) is 10.4. The van der Waals surface area contributed by atoms with Crippen molar-refractivity contribution in [2.45, 2.75) is 32.0 Å². The van der Waals surface area contributed by atoms with Gasteiger partial charge in [0.1, 0.15) is 17.7 Å². The molecule has 2 aliphatic rings. The van der Waals surface area contributed by atoms with Crippen molar-refractivity contribution >= 4 is 22.8 Å². The van der Waals surface area contributed by atoms with E-state index in [1.165, 1.54) is 0 Å². The van der Waals surface area contributed by atoms with Crippen LogP contribution in [0.1, 0.15) is 12.2 Å². The average Bonchev–Trinajstić information content (AvgIpc) is 3.39. The molecule has 0 aliphatic carbocycles. The van der Waals surface area contributed by atoms with Crippen molar-refractivity contribution in [3.63, 3.8) is 0 Å². The molecule has 0 radical (unpaired) electrons. The molecule has 5 rings (SSSR count). The summed E-state index contributed by atoms with van der Waals surface area (Å²) >= 11 is 0. The summed E-state index contributed by atoms with van der Waals surface area (Å²) in [4.78, 5) is 30.3. The van der Waals surface area contributed by atoms with Crippen LogP contribution >= 0.6 is 0 Å². The molecule has 2 atom stereocenters. The second-order valence-electron chi connectivity index (χ2n) is 7.91. The normalized spacial score (nSPS) is 22.0. The van der Waals surface area contributed by atoms with Crippen LogP contribution in [-0.2, 0) is 11.3 Å². The highest BCUT2D eigenvalue weighted by Crippen LogP contribution is 2.19. The summed E-state index contributed by atoms with van der Waals surface area (Å²) in [5.74, 6) is 2.03. The lowest BCUT2D eigenvalue weighted by Gasteiger charge is -2.36. The number of hydrogen-bond acceptors (Lipinski definition) is 7. The van der Waals surface area contributed by atoms with Gasteiger partial charge in [-0.15, -0.1) is 0 Å². The summed E-state index contributed by atoms with van der Waals surface area (Å²) in [5, 5.41) is 0. The molecule has 156 valence electrons. The van der Waals surface area contributed by atoms with Crippen LogP contribution in [0.5, 0.6) is 0 Å². The maximum absolute atomic E-state index is 13.0. The van der Waals surface area contributed by atoms with Gasteiger partial charge in [0.25, 0.3) is 0 Å². The van der Waals surface area contributed by atoms with E-state index in [2.05, 4.69) is 41.3 Å². The molecule has 9 nitrogen and oxygen atoms in total. The van der Waals surface area contributed by atoms with Crippen LogP contribution < -0.4 is 15.8 Å². The maximum Gasteiger partial charge on any atom is 0.241 e. The van der Waals surface area contributed by atoms with E-state index < -0.39 is 0 Å². The number of carbonyl (C=O) groups is 1. The molecule has 0 bridgehead atoms. The van der Waals surface area contributed by atoms with Crippen LogP contribution in [0.2, 0.25) is 0 Å². The smallest absolute Gasteiger partial charge is 0.241 e. The highest BCUT2D eigenvalue weighted by atomic mass is 16.2. The number of piperazine rings is 1.